The maximum absolute atomic E-state index is 7.39. The highest BCUT2D eigenvalue weighted by Crippen LogP contribution is 2.01. The molecule has 0 amide bonds. The second-order valence-electron chi connectivity index (χ2n) is 2.32. The highest BCUT2D eigenvalue weighted by Gasteiger charge is 2.01. The average Bonchev–Trinajstić information content (AvgIpc) is 2.36. The Morgan fingerprint density at radius 1 is 1.64 bits per heavy atom. The summed E-state index contributed by atoms with van der Waals surface area (Å²) in [6.07, 6.45) is 0. The first-order valence-corrected chi connectivity index (χ1v) is 3.61. The van der Waals surface area contributed by atoms with Crippen molar-refractivity contribution in [2.45, 2.75) is 13.8 Å². The van der Waals surface area contributed by atoms with E-state index in [4.69, 9.17) is 10.1 Å². The molecular weight excluding hydrogens is 140 g/mol. The molecule has 0 atom stereocenters. The summed E-state index contributed by atoms with van der Waals surface area (Å²) in [5.74, 6) is 0.209. The van der Waals surface area contributed by atoms with Gasteiger partial charge < -0.3 is 9.72 Å². The molecule has 0 saturated carbocycles. The highest BCUT2D eigenvalue weighted by molar-refractivity contribution is 5.89. The Kier molecular flexibility index (Phi) is 2.31. The third-order valence-corrected chi connectivity index (χ3v) is 1.37. The zero-order chi connectivity index (χ0) is 8.27. The zero-order valence-electron chi connectivity index (χ0n) is 6.77. The monoisotopic (exact) mass is 152 g/mol. The van der Waals surface area contributed by atoms with Crippen LogP contribution in [0, 0.1) is 12.3 Å². The number of nitrogens with one attached hydrogen (secondary N) is 2. The molecule has 0 bridgehead atoms. The summed E-state index contributed by atoms with van der Waals surface area (Å²) < 4.78 is 4.99. The topological polar surface area (TPSA) is 48.9 Å². The molecule has 1 aromatic rings. The molecule has 0 spiro atoms. The van der Waals surface area contributed by atoms with Crippen LogP contribution in [0.5, 0.6) is 0 Å². The van der Waals surface area contributed by atoms with Gasteiger partial charge in [-0.2, -0.15) is 0 Å². The first-order valence-electron chi connectivity index (χ1n) is 3.61. The molecule has 0 aliphatic carbocycles. The predicted molar refractivity (Wildman–Crippen MR) is 44.0 cm³/mol. The fourth-order valence-electron chi connectivity index (χ4n) is 0.859. The SMILES string of the molecule is CCOC(=N)c1ccc(C)[nH]1. The van der Waals surface area contributed by atoms with Gasteiger partial charge in [0.1, 0.15) is 5.69 Å². The van der Waals surface area contributed by atoms with Crippen molar-refractivity contribution in [2.24, 2.45) is 0 Å². The first kappa shape index (κ1) is 7.85. The van der Waals surface area contributed by atoms with E-state index in [1.54, 1.807) is 0 Å². The number of aryl methyl sites for hydroxylation is 1. The number of aromatic nitrogens is 1. The molecule has 3 nitrogen and oxygen atoms in total. The minimum atomic E-state index is 0.209. The Labute approximate surface area is 65.9 Å². The van der Waals surface area contributed by atoms with Crippen molar-refractivity contribution < 1.29 is 4.74 Å². The second kappa shape index (κ2) is 3.23. The summed E-state index contributed by atoms with van der Waals surface area (Å²) in [6.45, 7) is 4.35. The lowest BCUT2D eigenvalue weighted by atomic mass is 10.4. The largest absolute Gasteiger partial charge is 0.477 e. The van der Waals surface area contributed by atoms with Crippen LogP contribution in [0.2, 0.25) is 0 Å². The number of ether oxygens (including phenoxy) is 1. The minimum Gasteiger partial charge on any atom is -0.477 e. The third-order valence-electron chi connectivity index (χ3n) is 1.37. The molecule has 60 valence electrons. The Balaban J connectivity index is 2.69. The standard InChI is InChI=1S/C8H12N2O/c1-3-11-8(9)7-5-4-6(2)10-7/h4-5,9-10H,3H2,1-2H3. The van der Waals surface area contributed by atoms with E-state index in [2.05, 4.69) is 4.98 Å². The Bertz CT molecular complexity index is 252. The molecule has 1 aromatic heterocycles. The van der Waals surface area contributed by atoms with Crippen LogP contribution >= 0.6 is 0 Å². The molecule has 3 heteroatoms. The lowest BCUT2D eigenvalue weighted by Crippen LogP contribution is -2.04. The molecule has 0 aliphatic heterocycles. The summed E-state index contributed by atoms with van der Waals surface area (Å²) in [5, 5.41) is 7.39. The summed E-state index contributed by atoms with van der Waals surface area (Å²) in [4.78, 5) is 3.01. The quantitative estimate of drug-likeness (QED) is 0.491. The normalized spacial score (nSPS) is 9.64. The average molecular weight is 152 g/mol. The van der Waals surface area contributed by atoms with Gasteiger partial charge in [-0.15, -0.1) is 0 Å². The number of H-pyrrole nitrogens is 1. The lowest BCUT2D eigenvalue weighted by Gasteiger charge is -2.00. The van der Waals surface area contributed by atoms with Crippen LogP contribution in [0.25, 0.3) is 0 Å². The van der Waals surface area contributed by atoms with Crippen LogP contribution in [0.3, 0.4) is 0 Å². The molecule has 0 aliphatic rings. The van der Waals surface area contributed by atoms with Crippen LogP contribution in [-0.4, -0.2) is 17.5 Å². The summed E-state index contributed by atoms with van der Waals surface area (Å²) in [7, 11) is 0. The van der Waals surface area contributed by atoms with Gasteiger partial charge in [0.25, 0.3) is 0 Å². The predicted octanol–water partition coefficient (Wildman–Crippen LogP) is 1.68. The van der Waals surface area contributed by atoms with Crippen molar-refractivity contribution in [3.8, 4) is 0 Å². The number of aromatic amines is 1. The van der Waals surface area contributed by atoms with Crippen molar-refractivity contribution in [3.63, 3.8) is 0 Å². The molecule has 0 unspecified atom stereocenters. The van der Waals surface area contributed by atoms with E-state index in [0.29, 0.717) is 6.61 Å². The van der Waals surface area contributed by atoms with Gasteiger partial charge in [-0.3, -0.25) is 5.41 Å². The summed E-state index contributed by atoms with van der Waals surface area (Å²) in [6, 6.07) is 3.76. The molecule has 0 radical (unpaired) electrons. The molecule has 0 fully saturated rings. The van der Waals surface area contributed by atoms with E-state index < -0.39 is 0 Å². The van der Waals surface area contributed by atoms with Crippen molar-refractivity contribution in [1.82, 2.24) is 4.98 Å². The highest BCUT2D eigenvalue weighted by atomic mass is 16.5. The van der Waals surface area contributed by atoms with Gasteiger partial charge in [0.15, 0.2) is 0 Å². The van der Waals surface area contributed by atoms with Crippen LogP contribution in [0.15, 0.2) is 12.1 Å². The lowest BCUT2D eigenvalue weighted by molar-refractivity contribution is 0.324. The van der Waals surface area contributed by atoms with Crippen molar-refractivity contribution in [2.75, 3.05) is 6.61 Å². The van der Waals surface area contributed by atoms with E-state index in [0.717, 1.165) is 11.4 Å². The fraction of sp³-hybridized carbons (Fsp3) is 0.375. The molecule has 1 heterocycles. The van der Waals surface area contributed by atoms with Crippen molar-refractivity contribution in [3.05, 3.63) is 23.5 Å². The Hall–Kier alpha value is -1.25. The molecule has 11 heavy (non-hydrogen) atoms. The number of hydrogen-bond acceptors (Lipinski definition) is 2. The Morgan fingerprint density at radius 3 is 2.82 bits per heavy atom. The van der Waals surface area contributed by atoms with E-state index in [9.17, 15) is 0 Å². The first-order chi connectivity index (χ1) is 5.24. The van der Waals surface area contributed by atoms with E-state index >= 15 is 0 Å². The van der Waals surface area contributed by atoms with E-state index in [1.807, 2.05) is 26.0 Å². The molecule has 1 rings (SSSR count). The van der Waals surface area contributed by atoms with Crippen LogP contribution in [0.1, 0.15) is 18.3 Å². The van der Waals surface area contributed by atoms with Gasteiger partial charge in [0.05, 0.1) is 6.61 Å². The molecular formula is C8H12N2O. The summed E-state index contributed by atoms with van der Waals surface area (Å²) >= 11 is 0. The fourth-order valence-corrected chi connectivity index (χ4v) is 0.859. The summed E-state index contributed by atoms with van der Waals surface area (Å²) in [5.41, 5.74) is 1.79. The van der Waals surface area contributed by atoms with Gasteiger partial charge >= 0.3 is 0 Å². The number of hydrogen-bond donors (Lipinski definition) is 2. The van der Waals surface area contributed by atoms with Crippen molar-refractivity contribution in [1.29, 1.82) is 5.41 Å². The van der Waals surface area contributed by atoms with Crippen LogP contribution < -0.4 is 0 Å². The smallest absolute Gasteiger partial charge is 0.230 e. The van der Waals surface area contributed by atoms with Crippen LogP contribution in [0.4, 0.5) is 0 Å². The second-order valence-corrected chi connectivity index (χ2v) is 2.32. The molecule has 0 saturated heterocycles. The van der Waals surface area contributed by atoms with Gasteiger partial charge in [-0.05, 0) is 26.0 Å². The zero-order valence-corrected chi connectivity index (χ0v) is 6.77. The minimum absolute atomic E-state index is 0.209. The maximum Gasteiger partial charge on any atom is 0.230 e. The van der Waals surface area contributed by atoms with Gasteiger partial charge in [0.2, 0.25) is 5.90 Å². The van der Waals surface area contributed by atoms with Gasteiger partial charge in [0, 0.05) is 5.69 Å². The van der Waals surface area contributed by atoms with Gasteiger partial charge in [-0.1, -0.05) is 0 Å². The van der Waals surface area contributed by atoms with E-state index in [1.165, 1.54) is 0 Å². The van der Waals surface area contributed by atoms with Gasteiger partial charge in [-0.25, -0.2) is 0 Å². The molecule has 2 N–H and O–H groups in total. The maximum atomic E-state index is 7.39. The molecule has 0 aromatic carbocycles. The third kappa shape index (κ3) is 1.83. The van der Waals surface area contributed by atoms with Crippen molar-refractivity contribution >= 4 is 5.90 Å². The van der Waals surface area contributed by atoms with E-state index in [-0.39, 0.29) is 5.90 Å². The Morgan fingerprint density at radius 2 is 2.36 bits per heavy atom. The number of rotatable bonds is 2. The van der Waals surface area contributed by atoms with Crippen LogP contribution in [-0.2, 0) is 4.74 Å².